The molecule has 2 nitrogen and oxygen atoms in total. The van der Waals surface area contributed by atoms with Gasteiger partial charge in [-0.1, -0.05) is 18.6 Å². The van der Waals surface area contributed by atoms with Gasteiger partial charge in [-0.05, 0) is 52.5 Å². The van der Waals surface area contributed by atoms with Crippen molar-refractivity contribution in [3.8, 4) is 0 Å². The molecule has 1 rings (SSSR count). The van der Waals surface area contributed by atoms with Crippen molar-refractivity contribution in [2.24, 2.45) is 0 Å². The van der Waals surface area contributed by atoms with E-state index in [-0.39, 0.29) is 0 Å². The average Bonchev–Trinajstić information content (AvgIpc) is 2.30. The molecule has 1 N–H and O–H groups in total. The molecule has 94 valence electrons. The Hall–Kier alpha value is -0.340. The van der Waals surface area contributed by atoms with Crippen molar-refractivity contribution in [1.29, 1.82) is 0 Å². The highest BCUT2D eigenvalue weighted by molar-refractivity contribution is 5.13. The Morgan fingerprint density at radius 2 is 2.19 bits per heavy atom. The molecule has 0 aromatic carbocycles. The van der Waals surface area contributed by atoms with Crippen molar-refractivity contribution in [2.75, 3.05) is 13.2 Å². The second kappa shape index (κ2) is 7.86. The van der Waals surface area contributed by atoms with Gasteiger partial charge in [-0.2, -0.15) is 0 Å². The second-order valence-corrected chi connectivity index (χ2v) is 4.91. The lowest BCUT2D eigenvalue weighted by Crippen LogP contribution is -2.37. The fraction of sp³-hybridized carbons (Fsp3) is 0.857. The van der Waals surface area contributed by atoms with Gasteiger partial charge in [-0.25, -0.2) is 0 Å². The van der Waals surface area contributed by atoms with E-state index in [0.717, 1.165) is 13.2 Å². The lowest BCUT2D eigenvalue weighted by molar-refractivity contribution is 0.0667. The van der Waals surface area contributed by atoms with Gasteiger partial charge in [-0.15, -0.1) is 0 Å². The van der Waals surface area contributed by atoms with Crippen LogP contribution in [0.4, 0.5) is 0 Å². The minimum Gasteiger partial charge on any atom is -0.377 e. The normalized spacial score (nSPS) is 18.6. The van der Waals surface area contributed by atoms with Crippen molar-refractivity contribution in [3.05, 3.63) is 11.6 Å². The molecule has 0 bridgehead atoms. The molecule has 1 aliphatic rings. The highest BCUT2D eigenvalue weighted by Crippen LogP contribution is 2.20. The summed E-state index contributed by atoms with van der Waals surface area (Å²) in [4.78, 5) is 0. The minimum absolute atomic E-state index is 0.329. The van der Waals surface area contributed by atoms with Crippen LogP contribution in [0.3, 0.4) is 0 Å². The topological polar surface area (TPSA) is 21.3 Å². The molecule has 1 aliphatic carbocycles. The first-order chi connectivity index (χ1) is 7.74. The summed E-state index contributed by atoms with van der Waals surface area (Å²) in [6, 6.07) is 0.447. The van der Waals surface area contributed by atoms with Gasteiger partial charge in [0.2, 0.25) is 0 Å². The largest absolute Gasteiger partial charge is 0.377 e. The van der Waals surface area contributed by atoms with E-state index in [2.05, 4.69) is 32.2 Å². The zero-order valence-corrected chi connectivity index (χ0v) is 11.1. The van der Waals surface area contributed by atoms with Crippen molar-refractivity contribution < 1.29 is 4.74 Å². The molecular weight excluding hydrogens is 198 g/mol. The molecule has 0 radical (unpaired) electrons. The van der Waals surface area contributed by atoms with Gasteiger partial charge in [0.15, 0.2) is 0 Å². The van der Waals surface area contributed by atoms with Gasteiger partial charge in [0.1, 0.15) is 0 Å². The average molecular weight is 225 g/mol. The number of hydrogen-bond donors (Lipinski definition) is 1. The van der Waals surface area contributed by atoms with Gasteiger partial charge >= 0.3 is 0 Å². The van der Waals surface area contributed by atoms with Gasteiger partial charge in [-0.3, -0.25) is 0 Å². The summed E-state index contributed by atoms with van der Waals surface area (Å²) in [5.74, 6) is 0. The first kappa shape index (κ1) is 13.7. The molecule has 0 fully saturated rings. The SMILES string of the molecule is CCCNC(COC(C)C)C1=CCCCC1. The third-order valence-corrected chi connectivity index (χ3v) is 3.01. The zero-order valence-electron chi connectivity index (χ0n) is 11.1. The predicted octanol–water partition coefficient (Wildman–Crippen LogP) is 3.28. The summed E-state index contributed by atoms with van der Waals surface area (Å²) >= 11 is 0. The van der Waals surface area contributed by atoms with Crippen molar-refractivity contribution >= 4 is 0 Å². The number of allylic oxidation sites excluding steroid dienone is 1. The molecule has 2 heteroatoms. The molecular formula is C14H27NO. The molecule has 0 saturated heterocycles. The van der Waals surface area contributed by atoms with Gasteiger partial charge in [0.25, 0.3) is 0 Å². The van der Waals surface area contributed by atoms with Crippen LogP contribution in [0.2, 0.25) is 0 Å². The van der Waals surface area contributed by atoms with Crippen molar-refractivity contribution in [3.63, 3.8) is 0 Å². The summed E-state index contributed by atoms with van der Waals surface area (Å²) in [6.45, 7) is 8.33. The van der Waals surface area contributed by atoms with Crippen LogP contribution in [-0.2, 0) is 4.74 Å². The van der Waals surface area contributed by atoms with Crippen LogP contribution in [0.1, 0.15) is 52.9 Å². The van der Waals surface area contributed by atoms with E-state index >= 15 is 0 Å². The van der Waals surface area contributed by atoms with Crippen LogP contribution in [0.15, 0.2) is 11.6 Å². The molecule has 0 spiro atoms. The molecule has 0 aromatic heterocycles. The summed E-state index contributed by atoms with van der Waals surface area (Å²) in [6.07, 6.45) is 9.14. The fourth-order valence-corrected chi connectivity index (χ4v) is 2.08. The smallest absolute Gasteiger partial charge is 0.0661 e. The maximum atomic E-state index is 5.75. The number of ether oxygens (including phenoxy) is 1. The molecule has 0 aromatic rings. The van der Waals surface area contributed by atoms with Crippen LogP contribution in [0.5, 0.6) is 0 Å². The highest BCUT2D eigenvalue weighted by Gasteiger charge is 2.16. The molecule has 0 saturated carbocycles. The molecule has 1 unspecified atom stereocenters. The Labute approximate surface area is 100 Å². The van der Waals surface area contributed by atoms with E-state index in [1.807, 2.05) is 0 Å². The fourth-order valence-electron chi connectivity index (χ4n) is 2.08. The summed E-state index contributed by atoms with van der Waals surface area (Å²) in [5.41, 5.74) is 1.57. The van der Waals surface area contributed by atoms with Gasteiger partial charge in [0.05, 0.1) is 18.8 Å². The Bertz CT molecular complexity index is 211. The Morgan fingerprint density at radius 3 is 2.75 bits per heavy atom. The van der Waals surface area contributed by atoms with E-state index in [4.69, 9.17) is 4.74 Å². The van der Waals surface area contributed by atoms with E-state index < -0.39 is 0 Å². The van der Waals surface area contributed by atoms with Crippen LogP contribution < -0.4 is 5.32 Å². The van der Waals surface area contributed by atoms with Crippen LogP contribution >= 0.6 is 0 Å². The molecule has 0 heterocycles. The van der Waals surface area contributed by atoms with Crippen molar-refractivity contribution in [1.82, 2.24) is 5.32 Å². The molecule has 0 amide bonds. The number of hydrogen-bond acceptors (Lipinski definition) is 2. The van der Waals surface area contributed by atoms with E-state index in [1.54, 1.807) is 5.57 Å². The Morgan fingerprint density at radius 1 is 1.38 bits per heavy atom. The summed E-state index contributed by atoms with van der Waals surface area (Å²) < 4.78 is 5.75. The molecule has 16 heavy (non-hydrogen) atoms. The lowest BCUT2D eigenvalue weighted by Gasteiger charge is -2.25. The van der Waals surface area contributed by atoms with Gasteiger partial charge in [0, 0.05) is 0 Å². The zero-order chi connectivity index (χ0) is 11.8. The van der Waals surface area contributed by atoms with E-state index in [0.29, 0.717) is 12.1 Å². The second-order valence-electron chi connectivity index (χ2n) is 4.91. The predicted molar refractivity (Wildman–Crippen MR) is 69.7 cm³/mol. The monoisotopic (exact) mass is 225 g/mol. The first-order valence-corrected chi connectivity index (χ1v) is 6.78. The standard InChI is InChI=1S/C14H27NO/c1-4-10-15-14(11-16-12(2)3)13-8-6-5-7-9-13/h8,12,14-15H,4-7,9-11H2,1-3H3. The maximum absolute atomic E-state index is 5.75. The lowest BCUT2D eigenvalue weighted by atomic mass is 9.94. The van der Waals surface area contributed by atoms with Crippen LogP contribution in [0, 0.1) is 0 Å². The summed E-state index contributed by atoms with van der Waals surface area (Å²) in [7, 11) is 0. The minimum atomic E-state index is 0.329. The Balaban J connectivity index is 2.44. The number of rotatable bonds is 7. The molecule has 0 aliphatic heterocycles. The van der Waals surface area contributed by atoms with Crippen LogP contribution in [0.25, 0.3) is 0 Å². The third kappa shape index (κ3) is 5.13. The third-order valence-electron chi connectivity index (χ3n) is 3.01. The summed E-state index contributed by atoms with van der Waals surface area (Å²) in [5, 5.41) is 3.60. The molecule has 1 atom stereocenters. The van der Waals surface area contributed by atoms with E-state index in [9.17, 15) is 0 Å². The Kier molecular flexibility index (Phi) is 6.74. The van der Waals surface area contributed by atoms with E-state index in [1.165, 1.54) is 32.1 Å². The van der Waals surface area contributed by atoms with Gasteiger partial charge < -0.3 is 10.1 Å². The van der Waals surface area contributed by atoms with Crippen LogP contribution in [-0.4, -0.2) is 25.3 Å². The number of nitrogens with one attached hydrogen (secondary N) is 1. The quantitative estimate of drug-likeness (QED) is 0.671. The highest BCUT2D eigenvalue weighted by atomic mass is 16.5. The maximum Gasteiger partial charge on any atom is 0.0661 e. The van der Waals surface area contributed by atoms with Crippen molar-refractivity contribution in [2.45, 2.75) is 65.0 Å². The first-order valence-electron chi connectivity index (χ1n) is 6.78.